The van der Waals surface area contributed by atoms with E-state index in [2.05, 4.69) is 10.6 Å². The van der Waals surface area contributed by atoms with Crippen LogP contribution in [-0.2, 0) is 4.79 Å². The molecule has 0 atom stereocenters. The van der Waals surface area contributed by atoms with Crippen LogP contribution in [-0.4, -0.2) is 11.8 Å². The molecule has 0 saturated carbocycles. The summed E-state index contributed by atoms with van der Waals surface area (Å²) in [6.45, 7) is 3.37. The summed E-state index contributed by atoms with van der Waals surface area (Å²) in [5.41, 5.74) is 2.74. The summed E-state index contributed by atoms with van der Waals surface area (Å²) in [5.74, 6) is -0.458. The predicted molar refractivity (Wildman–Crippen MR) is 79.9 cm³/mol. The van der Waals surface area contributed by atoms with Gasteiger partial charge in [0.15, 0.2) is 0 Å². The molecule has 0 aliphatic heterocycles. The van der Waals surface area contributed by atoms with Crippen molar-refractivity contribution < 1.29 is 9.59 Å². The van der Waals surface area contributed by atoms with Crippen LogP contribution < -0.4 is 10.6 Å². The zero-order valence-corrected chi connectivity index (χ0v) is 11.4. The predicted octanol–water partition coefficient (Wildman–Crippen LogP) is 3.21. The molecule has 2 rings (SSSR count). The van der Waals surface area contributed by atoms with E-state index in [4.69, 9.17) is 0 Å². The van der Waals surface area contributed by atoms with Gasteiger partial charge in [0.25, 0.3) is 5.91 Å². The van der Waals surface area contributed by atoms with Crippen LogP contribution in [0, 0.1) is 6.92 Å². The zero-order valence-electron chi connectivity index (χ0n) is 11.4. The molecule has 4 nitrogen and oxygen atoms in total. The van der Waals surface area contributed by atoms with Crippen LogP contribution in [0.25, 0.3) is 0 Å². The lowest BCUT2D eigenvalue weighted by molar-refractivity contribution is -0.114. The first kappa shape index (κ1) is 13.8. The number of anilines is 2. The van der Waals surface area contributed by atoms with Crippen molar-refractivity contribution in [1.29, 1.82) is 0 Å². The van der Waals surface area contributed by atoms with E-state index in [9.17, 15) is 9.59 Å². The van der Waals surface area contributed by atoms with Crippen molar-refractivity contribution in [3.8, 4) is 0 Å². The smallest absolute Gasteiger partial charge is 0.257 e. The van der Waals surface area contributed by atoms with E-state index in [1.165, 1.54) is 6.92 Å². The Hall–Kier alpha value is -2.62. The summed E-state index contributed by atoms with van der Waals surface area (Å²) in [5, 5.41) is 5.47. The second-order valence-corrected chi connectivity index (χ2v) is 4.55. The van der Waals surface area contributed by atoms with Gasteiger partial charge >= 0.3 is 0 Å². The maximum Gasteiger partial charge on any atom is 0.257 e. The lowest BCUT2D eigenvalue weighted by Crippen LogP contribution is -2.16. The van der Waals surface area contributed by atoms with Gasteiger partial charge in [-0.05, 0) is 36.8 Å². The highest BCUT2D eigenvalue weighted by Gasteiger charge is 2.11. The minimum absolute atomic E-state index is 0.208. The molecule has 0 unspecified atom stereocenters. The van der Waals surface area contributed by atoms with Gasteiger partial charge in [-0.1, -0.05) is 24.3 Å². The van der Waals surface area contributed by atoms with Crippen LogP contribution in [0.2, 0.25) is 0 Å². The molecule has 2 amide bonds. The molecule has 2 aromatic carbocycles. The molecule has 0 aliphatic carbocycles. The van der Waals surface area contributed by atoms with Crippen molar-refractivity contribution in [3.05, 3.63) is 59.7 Å². The monoisotopic (exact) mass is 268 g/mol. The maximum atomic E-state index is 12.3. The van der Waals surface area contributed by atoms with Crippen molar-refractivity contribution >= 4 is 23.2 Å². The summed E-state index contributed by atoms with van der Waals surface area (Å²) < 4.78 is 0. The summed E-state index contributed by atoms with van der Waals surface area (Å²) in [7, 11) is 0. The zero-order chi connectivity index (χ0) is 14.5. The molecular formula is C16H16N2O2. The molecule has 0 fully saturated rings. The largest absolute Gasteiger partial charge is 0.326 e. The highest BCUT2D eigenvalue weighted by molar-refractivity contribution is 6.09. The van der Waals surface area contributed by atoms with E-state index in [1.807, 2.05) is 31.2 Å². The number of benzene rings is 2. The van der Waals surface area contributed by atoms with Crippen molar-refractivity contribution in [2.24, 2.45) is 0 Å². The molecule has 4 heteroatoms. The van der Waals surface area contributed by atoms with Gasteiger partial charge < -0.3 is 10.6 Å². The minimum atomic E-state index is -0.250. The van der Waals surface area contributed by atoms with Gasteiger partial charge in [0.2, 0.25) is 5.91 Å². The fourth-order valence-corrected chi connectivity index (χ4v) is 1.90. The molecular weight excluding hydrogens is 252 g/mol. The Morgan fingerprint density at radius 3 is 2.40 bits per heavy atom. The highest BCUT2D eigenvalue weighted by atomic mass is 16.2. The number of hydrogen-bond acceptors (Lipinski definition) is 2. The van der Waals surface area contributed by atoms with E-state index < -0.39 is 0 Å². The average Bonchev–Trinajstić information content (AvgIpc) is 2.38. The number of nitrogens with one attached hydrogen (secondary N) is 2. The number of carbonyl (C=O) groups excluding carboxylic acids is 2. The van der Waals surface area contributed by atoms with E-state index in [1.54, 1.807) is 24.3 Å². The van der Waals surface area contributed by atoms with Gasteiger partial charge in [0.1, 0.15) is 0 Å². The Kier molecular flexibility index (Phi) is 4.15. The quantitative estimate of drug-likeness (QED) is 0.898. The van der Waals surface area contributed by atoms with Crippen LogP contribution >= 0.6 is 0 Å². The lowest BCUT2D eigenvalue weighted by atomic mass is 10.1. The van der Waals surface area contributed by atoms with Gasteiger partial charge in [-0.3, -0.25) is 9.59 Å². The Morgan fingerprint density at radius 1 is 0.950 bits per heavy atom. The minimum Gasteiger partial charge on any atom is -0.326 e. The fraction of sp³-hybridized carbons (Fsp3) is 0.125. The molecule has 0 radical (unpaired) electrons. The fourth-order valence-electron chi connectivity index (χ4n) is 1.90. The van der Waals surface area contributed by atoms with E-state index in [0.29, 0.717) is 11.3 Å². The first-order valence-corrected chi connectivity index (χ1v) is 6.31. The van der Waals surface area contributed by atoms with Crippen LogP contribution in [0.15, 0.2) is 48.5 Å². The Balaban J connectivity index is 2.23. The van der Waals surface area contributed by atoms with Gasteiger partial charge in [-0.15, -0.1) is 0 Å². The SMILES string of the molecule is CC(=O)Nc1ccccc1C(=O)Nc1cccc(C)c1. The van der Waals surface area contributed by atoms with E-state index in [0.717, 1.165) is 11.3 Å². The summed E-state index contributed by atoms with van der Waals surface area (Å²) in [6, 6.07) is 14.5. The molecule has 2 N–H and O–H groups in total. The third-order valence-corrected chi connectivity index (χ3v) is 2.76. The number of amides is 2. The number of carbonyl (C=O) groups is 2. The number of hydrogen-bond donors (Lipinski definition) is 2. The van der Waals surface area contributed by atoms with Crippen LogP contribution in [0.3, 0.4) is 0 Å². The average molecular weight is 268 g/mol. The summed E-state index contributed by atoms with van der Waals surface area (Å²) >= 11 is 0. The summed E-state index contributed by atoms with van der Waals surface area (Å²) in [6.07, 6.45) is 0. The molecule has 0 saturated heterocycles. The van der Waals surface area contributed by atoms with Gasteiger partial charge in [-0.25, -0.2) is 0 Å². The topological polar surface area (TPSA) is 58.2 Å². The van der Waals surface area contributed by atoms with E-state index in [-0.39, 0.29) is 11.8 Å². The molecule has 0 aliphatic rings. The van der Waals surface area contributed by atoms with Gasteiger partial charge in [0, 0.05) is 12.6 Å². The van der Waals surface area contributed by atoms with Crippen LogP contribution in [0.1, 0.15) is 22.8 Å². The Bertz CT molecular complexity index is 650. The molecule has 0 bridgehead atoms. The van der Waals surface area contributed by atoms with Crippen molar-refractivity contribution in [1.82, 2.24) is 0 Å². The number of aryl methyl sites for hydroxylation is 1. The van der Waals surface area contributed by atoms with E-state index >= 15 is 0 Å². The Morgan fingerprint density at radius 2 is 1.70 bits per heavy atom. The second kappa shape index (κ2) is 6.02. The van der Waals surface area contributed by atoms with Crippen molar-refractivity contribution in [3.63, 3.8) is 0 Å². The van der Waals surface area contributed by atoms with Gasteiger partial charge in [0.05, 0.1) is 11.3 Å². The molecule has 2 aromatic rings. The third kappa shape index (κ3) is 3.45. The third-order valence-electron chi connectivity index (χ3n) is 2.76. The van der Waals surface area contributed by atoms with Crippen molar-refractivity contribution in [2.75, 3.05) is 10.6 Å². The summed E-state index contributed by atoms with van der Waals surface area (Å²) in [4.78, 5) is 23.4. The molecule has 0 aromatic heterocycles. The molecule has 0 heterocycles. The molecule has 20 heavy (non-hydrogen) atoms. The van der Waals surface area contributed by atoms with Crippen LogP contribution in [0.5, 0.6) is 0 Å². The molecule has 102 valence electrons. The first-order valence-electron chi connectivity index (χ1n) is 6.31. The first-order chi connectivity index (χ1) is 9.56. The standard InChI is InChI=1S/C16H16N2O2/c1-11-6-5-7-13(10-11)18-16(20)14-8-3-4-9-15(14)17-12(2)19/h3-10H,1-2H3,(H,17,19)(H,18,20). The van der Waals surface area contributed by atoms with Crippen LogP contribution in [0.4, 0.5) is 11.4 Å². The highest BCUT2D eigenvalue weighted by Crippen LogP contribution is 2.18. The second-order valence-electron chi connectivity index (χ2n) is 4.55. The number of rotatable bonds is 3. The number of para-hydroxylation sites is 1. The van der Waals surface area contributed by atoms with Gasteiger partial charge in [-0.2, -0.15) is 0 Å². The maximum absolute atomic E-state index is 12.3. The Labute approximate surface area is 117 Å². The normalized spacial score (nSPS) is 9.90. The molecule has 0 spiro atoms. The lowest BCUT2D eigenvalue weighted by Gasteiger charge is -2.10. The van der Waals surface area contributed by atoms with Crippen molar-refractivity contribution in [2.45, 2.75) is 13.8 Å².